The molecule has 146 valence electrons. The highest BCUT2D eigenvalue weighted by molar-refractivity contribution is 6.31. The lowest BCUT2D eigenvalue weighted by molar-refractivity contribution is -0.123. The van der Waals surface area contributed by atoms with E-state index in [1.165, 1.54) is 4.57 Å². The number of rotatable bonds is 5. The fraction of sp³-hybridized carbons (Fsp3) is 0.286. The summed E-state index contributed by atoms with van der Waals surface area (Å²) < 4.78 is 2.42. The van der Waals surface area contributed by atoms with E-state index >= 15 is 0 Å². The van der Waals surface area contributed by atoms with E-state index in [1.807, 2.05) is 13.8 Å². The summed E-state index contributed by atoms with van der Waals surface area (Å²) in [6.07, 6.45) is 0.787. The van der Waals surface area contributed by atoms with Crippen molar-refractivity contribution in [1.29, 1.82) is 0 Å². The first-order valence-electron chi connectivity index (χ1n) is 9.17. The zero-order valence-electron chi connectivity index (χ0n) is 16.0. The summed E-state index contributed by atoms with van der Waals surface area (Å²) in [7, 11) is 0. The number of para-hydroxylation sites is 1. The summed E-state index contributed by atoms with van der Waals surface area (Å²) >= 11 is 6.21. The second-order valence-corrected chi connectivity index (χ2v) is 7.12. The number of aromatic nitrogens is 2. The van der Waals surface area contributed by atoms with Crippen molar-refractivity contribution in [1.82, 2.24) is 14.5 Å². The van der Waals surface area contributed by atoms with E-state index in [1.54, 1.807) is 49.4 Å². The topological polar surface area (TPSA) is 73.1 Å². The molecule has 7 heteroatoms. The van der Waals surface area contributed by atoms with E-state index in [9.17, 15) is 14.4 Å². The van der Waals surface area contributed by atoms with Gasteiger partial charge in [-0.15, -0.1) is 0 Å². The standard InChI is InChI=1S/C21H22ClN3O3/c1-4-11-23-19(26)14(3)24-18-8-6-5-7-16(18)20(27)25(21(24)28)15-10-9-13(2)17(22)12-15/h5-10,12,14H,4,11H2,1-3H3,(H,23,26)/t14-/m1/s1. The Morgan fingerprint density at radius 1 is 1.18 bits per heavy atom. The molecule has 1 amide bonds. The number of nitrogens with zero attached hydrogens (tertiary/aromatic N) is 2. The summed E-state index contributed by atoms with van der Waals surface area (Å²) in [4.78, 5) is 38.9. The third-order valence-corrected chi connectivity index (χ3v) is 5.13. The van der Waals surface area contributed by atoms with Crippen molar-refractivity contribution in [2.45, 2.75) is 33.2 Å². The van der Waals surface area contributed by atoms with Crippen LogP contribution in [0, 0.1) is 6.92 Å². The average molecular weight is 400 g/mol. The monoisotopic (exact) mass is 399 g/mol. The SMILES string of the molecule is CCCNC(=O)[C@@H](C)n1c(=O)n(-c2ccc(C)c(Cl)c2)c(=O)c2ccccc21. The minimum Gasteiger partial charge on any atom is -0.354 e. The molecule has 0 radical (unpaired) electrons. The Kier molecular flexibility index (Phi) is 5.70. The lowest BCUT2D eigenvalue weighted by atomic mass is 10.2. The van der Waals surface area contributed by atoms with Crippen LogP contribution in [0.15, 0.2) is 52.1 Å². The maximum atomic E-state index is 13.3. The smallest absolute Gasteiger partial charge is 0.336 e. The quantitative estimate of drug-likeness (QED) is 0.716. The number of carbonyl (C=O) groups excluding carboxylic acids is 1. The van der Waals surface area contributed by atoms with Crippen molar-refractivity contribution in [3.63, 3.8) is 0 Å². The third kappa shape index (κ3) is 3.47. The van der Waals surface area contributed by atoms with E-state index in [2.05, 4.69) is 5.32 Å². The molecule has 0 aliphatic carbocycles. The highest BCUT2D eigenvalue weighted by atomic mass is 35.5. The Labute approximate surface area is 167 Å². The lowest BCUT2D eigenvalue weighted by Gasteiger charge is -2.19. The fourth-order valence-electron chi connectivity index (χ4n) is 3.12. The zero-order chi connectivity index (χ0) is 20.4. The van der Waals surface area contributed by atoms with E-state index in [4.69, 9.17) is 11.6 Å². The minimum atomic E-state index is -0.781. The van der Waals surface area contributed by atoms with Crippen molar-refractivity contribution < 1.29 is 4.79 Å². The van der Waals surface area contributed by atoms with E-state index in [0.717, 1.165) is 16.6 Å². The summed E-state index contributed by atoms with van der Waals surface area (Å²) in [6.45, 7) is 5.96. The molecular weight excluding hydrogens is 378 g/mol. The van der Waals surface area contributed by atoms with Gasteiger partial charge in [0.15, 0.2) is 0 Å². The fourth-order valence-corrected chi connectivity index (χ4v) is 3.29. The number of nitrogens with one attached hydrogen (secondary N) is 1. The Bertz CT molecular complexity index is 1160. The van der Waals surface area contributed by atoms with Gasteiger partial charge in [0.25, 0.3) is 5.56 Å². The highest BCUT2D eigenvalue weighted by Crippen LogP contribution is 2.19. The molecule has 1 N–H and O–H groups in total. The van der Waals surface area contributed by atoms with Gasteiger partial charge in [-0.3, -0.25) is 14.2 Å². The van der Waals surface area contributed by atoms with Gasteiger partial charge >= 0.3 is 5.69 Å². The van der Waals surface area contributed by atoms with Crippen LogP contribution in [0.4, 0.5) is 0 Å². The second kappa shape index (κ2) is 8.02. The van der Waals surface area contributed by atoms with Crippen molar-refractivity contribution in [3.8, 4) is 5.69 Å². The Balaban J connectivity index is 2.32. The van der Waals surface area contributed by atoms with E-state index < -0.39 is 17.3 Å². The molecule has 2 aromatic carbocycles. The van der Waals surface area contributed by atoms with Gasteiger partial charge in [-0.25, -0.2) is 9.36 Å². The molecule has 1 heterocycles. The summed E-state index contributed by atoms with van der Waals surface area (Å²) in [5, 5.41) is 3.62. The maximum absolute atomic E-state index is 13.3. The first-order chi connectivity index (χ1) is 13.4. The van der Waals surface area contributed by atoms with Gasteiger partial charge in [0, 0.05) is 11.6 Å². The molecule has 0 saturated carbocycles. The molecule has 0 unspecified atom stereocenters. The first-order valence-corrected chi connectivity index (χ1v) is 9.55. The van der Waals surface area contributed by atoms with E-state index in [-0.39, 0.29) is 5.91 Å². The molecule has 1 aromatic heterocycles. The molecule has 0 aliphatic rings. The van der Waals surface area contributed by atoms with Crippen LogP contribution in [0.3, 0.4) is 0 Å². The summed E-state index contributed by atoms with van der Waals surface area (Å²) in [5.74, 6) is -0.277. The van der Waals surface area contributed by atoms with E-state index in [0.29, 0.717) is 28.2 Å². The van der Waals surface area contributed by atoms with Gasteiger partial charge in [0.05, 0.1) is 16.6 Å². The number of aryl methyl sites for hydroxylation is 1. The molecule has 0 bridgehead atoms. The number of benzene rings is 2. The Hall–Kier alpha value is -2.86. The third-order valence-electron chi connectivity index (χ3n) is 4.72. The Morgan fingerprint density at radius 2 is 1.89 bits per heavy atom. The van der Waals surface area contributed by atoms with Crippen LogP contribution in [-0.4, -0.2) is 21.6 Å². The van der Waals surface area contributed by atoms with Crippen LogP contribution in [0.5, 0.6) is 0 Å². The van der Waals surface area contributed by atoms with Crippen LogP contribution in [0.1, 0.15) is 31.9 Å². The highest BCUT2D eigenvalue weighted by Gasteiger charge is 2.22. The van der Waals surface area contributed by atoms with Crippen molar-refractivity contribution >= 4 is 28.4 Å². The van der Waals surface area contributed by atoms with Crippen molar-refractivity contribution in [2.24, 2.45) is 0 Å². The molecule has 0 saturated heterocycles. The number of hydrogen-bond donors (Lipinski definition) is 1. The predicted octanol–water partition coefficient (Wildman–Crippen LogP) is 3.20. The van der Waals surface area contributed by atoms with Crippen molar-refractivity contribution in [3.05, 3.63) is 73.9 Å². The molecule has 0 aliphatic heterocycles. The molecule has 28 heavy (non-hydrogen) atoms. The molecule has 0 fully saturated rings. The number of hydrogen-bond acceptors (Lipinski definition) is 3. The molecule has 6 nitrogen and oxygen atoms in total. The second-order valence-electron chi connectivity index (χ2n) is 6.71. The van der Waals surface area contributed by atoms with Crippen LogP contribution >= 0.6 is 11.6 Å². The van der Waals surface area contributed by atoms with Crippen LogP contribution in [0.2, 0.25) is 5.02 Å². The molecule has 3 aromatic rings. The number of amides is 1. The van der Waals surface area contributed by atoms with Gasteiger partial charge in [0.1, 0.15) is 6.04 Å². The summed E-state index contributed by atoms with van der Waals surface area (Å²) in [6, 6.07) is 11.0. The Morgan fingerprint density at radius 3 is 2.57 bits per heavy atom. The number of halogens is 1. The van der Waals surface area contributed by atoms with Crippen molar-refractivity contribution in [2.75, 3.05) is 6.54 Å². The largest absolute Gasteiger partial charge is 0.354 e. The maximum Gasteiger partial charge on any atom is 0.336 e. The normalized spacial score (nSPS) is 12.1. The van der Waals surface area contributed by atoms with Gasteiger partial charge in [-0.2, -0.15) is 0 Å². The van der Waals surface area contributed by atoms with Crippen LogP contribution < -0.4 is 16.6 Å². The zero-order valence-corrected chi connectivity index (χ0v) is 16.8. The van der Waals surface area contributed by atoms with Crippen LogP contribution in [-0.2, 0) is 4.79 Å². The van der Waals surface area contributed by atoms with Gasteiger partial charge < -0.3 is 5.32 Å². The molecule has 0 spiro atoms. The average Bonchev–Trinajstić information content (AvgIpc) is 2.68. The van der Waals surface area contributed by atoms with Crippen LogP contribution in [0.25, 0.3) is 16.6 Å². The molecular formula is C21H22ClN3O3. The lowest BCUT2D eigenvalue weighted by Crippen LogP contribution is -2.43. The predicted molar refractivity (Wildman–Crippen MR) is 112 cm³/mol. The van der Waals surface area contributed by atoms with Gasteiger partial charge in [0.2, 0.25) is 5.91 Å². The summed E-state index contributed by atoms with van der Waals surface area (Å²) in [5.41, 5.74) is 0.602. The molecule has 3 rings (SSSR count). The van der Waals surface area contributed by atoms with Gasteiger partial charge in [-0.05, 0) is 50.1 Å². The van der Waals surface area contributed by atoms with Gasteiger partial charge in [-0.1, -0.05) is 36.7 Å². The number of fused-ring (bicyclic) bond motifs is 1. The minimum absolute atomic E-state index is 0.277. The molecule has 1 atom stereocenters. The first kappa shape index (κ1) is 19.9. The number of carbonyl (C=O) groups is 1.